The predicted octanol–water partition coefficient (Wildman–Crippen LogP) is 1.14. The normalized spacial score (nSPS) is 15.2. The number of alkyl halides is 3. The van der Waals surface area contributed by atoms with Crippen molar-refractivity contribution in [1.29, 1.82) is 0 Å². The maximum absolute atomic E-state index is 13.6. The number of benzene rings is 1. The number of anilines is 1. The van der Waals surface area contributed by atoms with Crippen LogP contribution in [0.15, 0.2) is 33.9 Å². The number of hydrogen-bond donors (Lipinski definition) is 1. The third-order valence-corrected chi connectivity index (χ3v) is 6.04. The fourth-order valence-corrected chi connectivity index (χ4v) is 4.12. The Morgan fingerprint density at radius 1 is 1.17 bits per heavy atom. The van der Waals surface area contributed by atoms with Crippen molar-refractivity contribution < 1.29 is 27.5 Å². The molecule has 1 N–H and O–H groups in total. The van der Waals surface area contributed by atoms with E-state index in [1.807, 2.05) is 4.90 Å². The molecule has 3 aromatic rings. The fourth-order valence-electron chi connectivity index (χ4n) is 3.90. The van der Waals surface area contributed by atoms with E-state index in [0.717, 1.165) is 11.5 Å². The third-order valence-electron chi connectivity index (χ3n) is 5.72. The minimum Gasteiger partial charge on any atom is -0.385 e. The lowest BCUT2D eigenvalue weighted by atomic mass is 10.3. The second-order valence-electron chi connectivity index (χ2n) is 8.01. The first-order valence-electron chi connectivity index (χ1n) is 10.7. The summed E-state index contributed by atoms with van der Waals surface area (Å²) in [7, 11) is 1.30. The lowest BCUT2D eigenvalue weighted by Gasteiger charge is -2.29. The first-order chi connectivity index (χ1) is 16.9. The number of fused-ring (bicyclic) bond motifs is 1. The van der Waals surface area contributed by atoms with Crippen LogP contribution >= 0.6 is 11.6 Å². The maximum Gasteiger partial charge on any atom is 0.491 e. The number of esters is 2. The second-order valence-corrected chi connectivity index (χ2v) is 8.41. The quantitative estimate of drug-likeness (QED) is 0.395. The van der Waals surface area contributed by atoms with E-state index in [1.165, 1.54) is 11.6 Å². The molecule has 2 aromatic heterocycles. The Bertz CT molecular complexity index is 1470. The van der Waals surface area contributed by atoms with E-state index in [-0.39, 0.29) is 16.2 Å². The van der Waals surface area contributed by atoms with Crippen LogP contribution in [0.1, 0.15) is 13.0 Å². The number of carbonyl (C=O) groups excluding carboxylic acids is 2. The molecule has 4 rings (SSSR count). The maximum atomic E-state index is 13.6. The molecule has 0 radical (unpaired) electrons. The van der Waals surface area contributed by atoms with Gasteiger partial charge in [-0.2, -0.15) is 18.2 Å². The van der Waals surface area contributed by atoms with Gasteiger partial charge in [-0.15, -0.1) is 0 Å². The molecule has 3 heterocycles. The number of para-hydroxylation sites is 1. The monoisotopic (exact) mass is 528 g/mol. The molecule has 1 fully saturated rings. The van der Waals surface area contributed by atoms with Gasteiger partial charge in [-0.1, -0.05) is 23.7 Å². The number of halogens is 4. The largest absolute Gasteiger partial charge is 0.491 e. The highest BCUT2D eigenvalue weighted by atomic mass is 35.5. The number of carbonyl (C=O) groups is 2. The molecule has 1 aliphatic rings. The van der Waals surface area contributed by atoms with Crippen LogP contribution in [0.4, 0.5) is 19.1 Å². The van der Waals surface area contributed by atoms with Crippen molar-refractivity contribution in [2.24, 2.45) is 7.05 Å². The average molecular weight is 529 g/mol. The van der Waals surface area contributed by atoms with Crippen LogP contribution in [0.3, 0.4) is 0 Å². The Kier molecular flexibility index (Phi) is 6.66. The molecule has 192 valence electrons. The van der Waals surface area contributed by atoms with Gasteiger partial charge in [0.05, 0.1) is 10.7 Å². The van der Waals surface area contributed by atoms with Gasteiger partial charge in [-0.3, -0.25) is 13.9 Å². The van der Waals surface area contributed by atoms with Gasteiger partial charge in [0.15, 0.2) is 11.2 Å². The van der Waals surface area contributed by atoms with Crippen LogP contribution in [0.2, 0.25) is 5.02 Å². The lowest BCUT2D eigenvalue weighted by molar-refractivity contribution is -0.202. The van der Waals surface area contributed by atoms with E-state index in [4.69, 9.17) is 11.6 Å². The van der Waals surface area contributed by atoms with Gasteiger partial charge in [0, 0.05) is 33.2 Å². The van der Waals surface area contributed by atoms with Crippen molar-refractivity contribution in [3.05, 3.63) is 50.1 Å². The van der Waals surface area contributed by atoms with E-state index in [2.05, 4.69) is 15.0 Å². The van der Waals surface area contributed by atoms with Gasteiger partial charge in [0.2, 0.25) is 5.95 Å². The SMILES string of the molecule is CC(C(=O)OC(=O)C(F)(F)F)n1c(=O)c2c(nc(N3CCNCC3)n2-c2ccccc2Cl)n(C)c1=O. The summed E-state index contributed by atoms with van der Waals surface area (Å²) in [5.41, 5.74) is -1.86. The highest BCUT2D eigenvalue weighted by Crippen LogP contribution is 2.29. The summed E-state index contributed by atoms with van der Waals surface area (Å²) in [6.07, 6.45) is -5.43. The van der Waals surface area contributed by atoms with Crippen LogP contribution in [-0.4, -0.2) is 63.0 Å². The molecule has 1 aliphatic heterocycles. The van der Waals surface area contributed by atoms with Crippen LogP contribution in [-0.2, 0) is 21.4 Å². The van der Waals surface area contributed by atoms with Gasteiger partial charge < -0.3 is 15.0 Å². The molecule has 1 aromatic carbocycles. The second kappa shape index (κ2) is 9.43. The Labute approximate surface area is 205 Å². The summed E-state index contributed by atoms with van der Waals surface area (Å²) in [5, 5.41) is 3.46. The minimum atomic E-state index is -5.43. The first-order valence-corrected chi connectivity index (χ1v) is 11.1. The topological polar surface area (TPSA) is 120 Å². The third kappa shape index (κ3) is 4.37. The molecule has 1 saturated heterocycles. The smallest absolute Gasteiger partial charge is 0.385 e. The van der Waals surface area contributed by atoms with Crippen molar-refractivity contribution in [2.45, 2.75) is 19.1 Å². The van der Waals surface area contributed by atoms with Gasteiger partial charge in [-0.25, -0.2) is 19.0 Å². The molecule has 15 heteroatoms. The summed E-state index contributed by atoms with van der Waals surface area (Å²) < 4.78 is 44.4. The number of aryl methyl sites for hydroxylation is 1. The predicted molar refractivity (Wildman–Crippen MR) is 123 cm³/mol. The summed E-state index contributed by atoms with van der Waals surface area (Å²) in [5.74, 6) is -4.17. The van der Waals surface area contributed by atoms with Crippen LogP contribution < -0.4 is 21.5 Å². The van der Waals surface area contributed by atoms with Crippen LogP contribution in [0.5, 0.6) is 0 Å². The number of aromatic nitrogens is 4. The standard InChI is InChI=1S/C21H20ClF3N6O5/c1-11(17(33)36-18(34)21(23,24)25)30-16(32)14-15(28(2)20(30)35)27-19(29-9-7-26-8-10-29)31(14)13-6-4-3-5-12(13)22/h3-6,11,26H,7-10H2,1-2H3. The van der Waals surface area contributed by atoms with E-state index in [9.17, 15) is 32.3 Å². The molecule has 0 bridgehead atoms. The number of nitrogens with one attached hydrogen (secondary N) is 1. The zero-order valence-corrected chi connectivity index (χ0v) is 19.8. The highest BCUT2D eigenvalue weighted by molar-refractivity contribution is 6.32. The van der Waals surface area contributed by atoms with Crippen molar-refractivity contribution >= 4 is 40.7 Å². The number of nitrogens with zero attached hydrogens (tertiary/aromatic N) is 5. The molecule has 0 spiro atoms. The molecule has 0 amide bonds. The number of imidazole rings is 1. The number of piperazine rings is 1. The molecule has 1 unspecified atom stereocenters. The van der Waals surface area contributed by atoms with Crippen molar-refractivity contribution in [3.63, 3.8) is 0 Å². The van der Waals surface area contributed by atoms with Gasteiger partial charge in [0.1, 0.15) is 6.04 Å². The Balaban J connectivity index is 1.97. The number of hydrogen-bond acceptors (Lipinski definition) is 8. The molecular weight excluding hydrogens is 509 g/mol. The van der Waals surface area contributed by atoms with Gasteiger partial charge >= 0.3 is 23.8 Å². The number of rotatable bonds is 4. The summed E-state index contributed by atoms with van der Waals surface area (Å²) in [4.78, 5) is 56.5. The summed E-state index contributed by atoms with van der Waals surface area (Å²) in [6.45, 7) is 3.29. The highest BCUT2D eigenvalue weighted by Gasteiger charge is 2.43. The molecule has 36 heavy (non-hydrogen) atoms. The van der Waals surface area contributed by atoms with E-state index < -0.39 is 35.4 Å². The van der Waals surface area contributed by atoms with Crippen molar-refractivity contribution in [2.75, 3.05) is 31.1 Å². The fraction of sp³-hybridized carbons (Fsp3) is 0.381. The minimum absolute atomic E-state index is 0.0263. The molecule has 1 atom stereocenters. The van der Waals surface area contributed by atoms with Crippen molar-refractivity contribution in [1.82, 2.24) is 24.0 Å². The Morgan fingerprint density at radius 2 is 1.81 bits per heavy atom. The van der Waals surface area contributed by atoms with Crippen LogP contribution in [0, 0.1) is 0 Å². The molecule has 0 saturated carbocycles. The zero-order valence-electron chi connectivity index (χ0n) is 19.0. The van der Waals surface area contributed by atoms with E-state index in [1.54, 1.807) is 24.3 Å². The van der Waals surface area contributed by atoms with Crippen molar-refractivity contribution in [3.8, 4) is 5.69 Å². The van der Waals surface area contributed by atoms with Crippen LogP contribution in [0.25, 0.3) is 16.9 Å². The van der Waals surface area contributed by atoms with Gasteiger partial charge in [-0.05, 0) is 19.1 Å². The number of ether oxygens (including phenoxy) is 1. The summed E-state index contributed by atoms with van der Waals surface area (Å²) >= 11 is 6.43. The Morgan fingerprint density at radius 3 is 2.42 bits per heavy atom. The van der Waals surface area contributed by atoms with Gasteiger partial charge in [0.25, 0.3) is 5.56 Å². The summed E-state index contributed by atoms with van der Waals surface area (Å²) in [6, 6.07) is 4.72. The van der Waals surface area contributed by atoms with E-state index >= 15 is 0 Å². The molecule has 0 aliphatic carbocycles. The van der Waals surface area contributed by atoms with E-state index in [0.29, 0.717) is 42.4 Å². The Hall–Kier alpha value is -3.65. The average Bonchev–Trinajstić information content (AvgIpc) is 3.23. The first kappa shape index (κ1) is 25.4. The zero-order chi connectivity index (χ0) is 26.4. The molecular formula is C21H20ClF3N6O5. The lowest BCUT2D eigenvalue weighted by Crippen LogP contribution is -2.45. The molecule has 11 nitrogen and oxygen atoms in total.